The minimum absolute atomic E-state index is 0.637. The van der Waals surface area contributed by atoms with Crippen molar-refractivity contribution in [1.82, 2.24) is 44.9 Å². The average Bonchev–Trinajstić information content (AvgIpc) is 4.13. The Morgan fingerprint density at radius 1 is 0.387 bits per heavy atom. The number of H-pyrrole nitrogens is 3. The Bertz CT molecular complexity index is 4720. The van der Waals surface area contributed by atoms with Crippen LogP contribution in [0.4, 0.5) is 0 Å². The number of rotatable bonds is 0. The van der Waals surface area contributed by atoms with Gasteiger partial charge in [-0.2, -0.15) is 0 Å². The fraction of sp³-hybridized carbons (Fsp3) is 0.0189. The van der Waals surface area contributed by atoms with Gasteiger partial charge in [0.15, 0.2) is 0 Å². The largest absolute Gasteiger partial charge is 0.354 e. The molecular formula is C53H25N9. The van der Waals surface area contributed by atoms with Gasteiger partial charge in [-0.15, -0.1) is 0 Å². The van der Waals surface area contributed by atoms with Gasteiger partial charge in [0.25, 0.3) is 0 Å². The van der Waals surface area contributed by atoms with Crippen molar-refractivity contribution in [2.24, 2.45) is 0 Å². The Hall–Kier alpha value is -8.56. The summed E-state index contributed by atoms with van der Waals surface area (Å²) in [5.74, 6) is 0. The summed E-state index contributed by atoms with van der Waals surface area (Å²) in [7, 11) is 0. The Labute approximate surface area is 347 Å². The molecule has 17 rings (SSSR count). The SMILES string of the molecule is C1=C2Cc3c1ccc1ccc4cc([nH]c4c31)-c1ccc3c4cc5ccc6ccc7cc([nH]c7c6c5[nH]4)c4cccc5nc6c7nc8cccc2c8nc7c2nc1c3nc2c6nc54. The molecule has 8 aromatic carbocycles. The second-order valence-corrected chi connectivity index (χ2v) is 17.3. The summed E-state index contributed by atoms with van der Waals surface area (Å²) in [6.07, 6.45) is 3.11. The number of nitrogens with one attached hydrogen (secondary N) is 3. The normalized spacial score (nSPS) is 13.8. The molecule has 3 N–H and O–H groups in total. The van der Waals surface area contributed by atoms with Crippen LogP contribution in [0.1, 0.15) is 16.7 Å². The Kier molecular flexibility index (Phi) is 4.95. The lowest BCUT2D eigenvalue weighted by Gasteiger charge is -2.13. The first-order chi connectivity index (χ1) is 30.6. The zero-order valence-corrected chi connectivity index (χ0v) is 32.4. The molecule has 16 bridgehead atoms. The lowest BCUT2D eigenvalue weighted by Crippen LogP contribution is -2.01. The van der Waals surface area contributed by atoms with Gasteiger partial charge in [-0.05, 0) is 76.4 Å². The van der Waals surface area contributed by atoms with Gasteiger partial charge in [0.1, 0.15) is 33.1 Å². The number of aromatic amines is 3. The summed E-state index contributed by atoms with van der Waals surface area (Å²) in [5.41, 5.74) is 20.5. The molecule has 0 spiro atoms. The number of allylic oxidation sites excluding steroid dienone is 1. The fourth-order valence-corrected chi connectivity index (χ4v) is 11.3. The minimum atomic E-state index is 0.637. The Balaban J connectivity index is 1.17. The number of benzene rings is 8. The van der Waals surface area contributed by atoms with Gasteiger partial charge in [0.2, 0.25) is 0 Å². The smallest absolute Gasteiger partial charge is 0.120 e. The maximum Gasteiger partial charge on any atom is 0.120 e. The molecule has 1 aliphatic heterocycles. The molecule has 0 saturated heterocycles. The van der Waals surface area contributed by atoms with E-state index in [9.17, 15) is 0 Å². The van der Waals surface area contributed by atoms with E-state index in [-0.39, 0.29) is 0 Å². The van der Waals surface area contributed by atoms with Crippen LogP contribution in [-0.4, -0.2) is 44.9 Å². The molecule has 0 saturated carbocycles. The van der Waals surface area contributed by atoms with Crippen LogP contribution in [0.3, 0.4) is 0 Å². The van der Waals surface area contributed by atoms with Crippen LogP contribution in [0, 0.1) is 0 Å². The molecule has 15 aromatic rings. The van der Waals surface area contributed by atoms with Crippen LogP contribution < -0.4 is 0 Å². The highest BCUT2D eigenvalue weighted by molar-refractivity contribution is 6.26. The van der Waals surface area contributed by atoms with E-state index in [1.165, 1.54) is 27.5 Å². The molecule has 0 atom stereocenters. The summed E-state index contributed by atoms with van der Waals surface area (Å²) in [6.45, 7) is 0. The molecule has 282 valence electrons. The van der Waals surface area contributed by atoms with Gasteiger partial charge in [-0.1, -0.05) is 78.9 Å². The minimum Gasteiger partial charge on any atom is -0.354 e. The first-order valence-corrected chi connectivity index (χ1v) is 21.0. The van der Waals surface area contributed by atoms with E-state index in [0.717, 1.165) is 122 Å². The molecule has 2 aliphatic rings. The Morgan fingerprint density at radius 3 is 1.71 bits per heavy atom. The zero-order chi connectivity index (χ0) is 39.7. The summed E-state index contributed by atoms with van der Waals surface area (Å²) in [5, 5.41) is 10.1. The summed E-state index contributed by atoms with van der Waals surface area (Å²) >= 11 is 0. The molecule has 0 unspecified atom stereocenters. The first kappa shape index (κ1) is 30.5. The van der Waals surface area contributed by atoms with Crippen molar-refractivity contribution >= 4 is 154 Å². The highest BCUT2D eigenvalue weighted by atomic mass is 14.9. The van der Waals surface area contributed by atoms with Crippen molar-refractivity contribution in [3.05, 3.63) is 132 Å². The predicted molar refractivity (Wildman–Crippen MR) is 252 cm³/mol. The molecule has 0 amide bonds. The van der Waals surface area contributed by atoms with Crippen molar-refractivity contribution in [1.29, 1.82) is 0 Å². The third-order valence-corrected chi connectivity index (χ3v) is 14.1. The molecule has 0 fully saturated rings. The number of aromatic nitrogens is 9. The maximum absolute atomic E-state index is 5.71. The molecule has 7 aromatic heterocycles. The maximum atomic E-state index is 5.71. The van der Waals surface area contributed by atoms with E-state index < -0.39 is 0 Å². The van der Waals surface area contributed by atoms with Crippen LogP contribution >= 0.6 is 0 Å². The number of hydrogen-bond acceptors (Lipinski definition) is 6. The molecule has 0 radical (unpaired) electrons. The molecule has 9 heteroatoms. The van der Waals surface area contributed by atoms with Gasteiger partial charge < -0.3 is 15.0 Å². The number of hydrogen-bond donors (Lipinski definition) is 3. The fourth-order valence-electron chi connectivity index (χ4n) is 11.3. The topological polar surface area (TPSA) is 125 Å². The lowest BCUT2D eigenvalue weighted by molar-refractivity contribution is 1.32. The van der Waals surface area contributed by atoms with Crippen molar-refractivity contribution in [2.45, 2.75) is 6.42 Å². The average molecular weight is 788 g/mol. The van der Waals surface area contributed by atoms with Crippen LogP contribution in [0.2, 0.25) is 0 Å². The van der Waals surface area contributed by atoms with E-state index in [2.05, 4.69) is 130 Å². The van der Waals surface area contributed by atoms with E-state index in [1.807, 2.05) is 6.07 Å². The highest BCUT2D eigenvalue weighted by Gasteiger charge is 2.26. The van der Waals surface area contributed by atoms with Crippen molar-refractivity contribution in [3.63, 3.8) is 0 Å². The van der Waals surface area contributed by atoms with Crippen LogP contribution in [-0.2, 0) is 6.42 Å². The lowest BCUT2D eigenvalue weighted by atomic mass is 9.96. The summed E-state index contributed by atoms with van der Waals surface area (Å²) in [6, 6.07) is 41.5. The highest BCUT2D eigenvalue weighted by Crippen LogP contribution is 2.44. The van der Waals surface area contributed by atoms with E-state index in [4.69, 9.17) is 29.9 Å². The predicted octanol–water partition coefficient (Wildman–Crippen LogP) is 12.5. The Morgan fingerprint density at radius 2 is 0.952 bits per heavy atom. The number of nitrogens with zero attached hydrogens (tertiary/aromatic N) is 6. The molecule has 1 aliphatic carbocycles. The zero-order valence-electron chi connectivity index (χ0n) is 32.4. The van der Waals surface area contributed by atoms with Gasteiger partial charge >= 0.3 is 0 Å². The van der Waals surface area contributed by atoms with Gasteiger partial charge in [0, 0.05) is 65.6 Å². The van der Waals surface area contributed by atoms with Crippen molar-refractivity contribution in [3.8, 4) is 11.3 Å². The van der Waals surface area contributed by atoms with E-state index >= 15 is 0 Å². The van der Waals surface area contributed by atoms with Crippen LogP contribution in [0.15, 0.2) is 115 Å². The second kappa shape index (κ2) is 10.1. The van der Waals surface area contributed by atoms with Crippen molar-refractivity contribution in [2.75, 3.05) is 0 Å². The third kappa shape index (κ3) is 3.53. The molecule has 9 nitrogen and oxygen atoms in total. The molecular weight excluding hydrogens is 763 g/mol. The van der Waals surface area contributed by atoms with Gasteiger partial charge in [-0.25, -0.2) is 29.9 Å². The standard InChI is InChI=1S/C53H25N9/c1-3-29-28-17-24-11-7-22-8-12-25-19-37(56-41(25)39(22)33(24)18-28)31-15-16-32-38-21-27-14-10-23-9-13-26-20-36(57-42(26)40(23)43(27)58-38)30-4-2-6-35-45(30)60-51-49(55-35)48-50(59-44(29)34(5-1)54-48)52-53(51)62-47(32)46(31)61-52/h1-17,19-21,56-58H,18H2. The number of para-hydroxylation sites is 2. The van der Waals surface area contributed by atoms with Crippen molar-refractivity contribution < 1.29 is 0 Å². The quantitative estimate of drug-likeness (QED) is 0.104. The van der Waals surface area contributed by atoms with Gasteiger partial charge in [-0.3, -0.25) is 0 Å². The van der Waals surface area contributed by atoms with Crippen LogP contribution in [0.25, 0.3) is 165 Å². The van der Waals surface area contributed by atoms with E-state index in [0.29, 0.717) is 33.1 Å². The third-order valence-electron chi connectivity index (χ3n) is 14.1. The first-order valence-electron chi connectivity index (χ1n) is 21.0. The molecule has 8 heterocycles. The monoisotopic (exact) mass is 787 g/mol. The van der Waals surface area contributed by atoms with E-state index in [1.54, 1.807) is 0 Å². The summed E-state index contributed by atoms with van der Waals surface area (Å²) < 4.78 is 0. The van der Waals surface area contributed by atoms with Crippen LogP contribution in [0.5, 0.6) is 0 Å². The second-order valence-electron chi connectivity index (χ2n) is 17.3. The number of fused-ring (bicyclic) bond motifs is 9. The van der Waals surface area contributed by atoms with Gasteiger partial charge in [0.05, 0.1) is 49.7 Å². The molecule has 62 heavy (non-hydrogen) atoms. The summed E-state index contributed by atoms with van der Waals surface area (Å²) in [4.78, 5) is 45.1.